The topological polar surface area (TPSA) is 69.4 Å². The number of nitrogens with zero attached hydrogens (tertiary/aromatic N) is 1. The van der Waals surface area contributed by atoms with Crippen LogP contribution in [0.3, 0.4) is 0 Å². The van der Waals surface area contributed by atoms with Gasteiger partial charge in [0.25, 0.3) is 0 Å². The third-order valence-corrected chi connectivity index (χ3v) is 3.73. The molecule has 0 aliphatic rings. The van der Waals surface area contributed by atoms with E-state index in [-0.39, 0.29) is 18.0 Å². The van der Waals surface area contributed by atoms with E-state index in [0.717, 1.165) is 5.56 Å². The summed E-state index contributed by atoms with van der Waals surface area (Å²) >= 11 is 0. The van der Waals surface area contributed by atoms with Gasteiger partial charge in [0.1, 0.15) is 18.1 Å². The van der Waals surface area contributed by atoms with Gasteiger partial charge in [-0.25, -0.2) is 4.79 Å². The second kappa shape index (κ2) is 7.13. The molecule has 3 aromatic rings. The molecular formula is C20H17NO4. The zero-order chi connectivity index (χ0) is 17.8. The monoisotopic (exact) mass is 335 g/mol. The summed E-state index contributed by atoms with van der Waals surface area (Å²) in [5.74, 6) is -0.150. The molecule has 0 saturated heterocycles. The average molecular weight is 335 g/mol. The number of ether oxygens (including phenoxy) is 1. The third kappa shape index (κ3) is 3.83. The molecule has 0 fully saturated rings. The van der Waals surface area contributed by atoms with Crippen molar-refractivity contribution in [1.82, 2.24) is 5.16 Å². The lowest BCUT2D eigenvalue weighted by atomic mass is 9.98. The van der Waals surface area contributed by atoms with Crippen LogP contribution in [0.5, 0.6) is 0 Å². The van der Waals surface area contributed by atoms with Crippen LogP contribution in [0.4, 0.5) is 0 Å². The molecule has 0 atom stereocenters. The molecule has 2 aromatic carbocycles. The van der Waals surface area contributed by atoms with Crippen molar-refractivity contribution in [3.05, 3.63) is 88.3 Å². The van der Waals surface area contributed by atoms with Crippen molar-refractivity contribution < 1.29 is 18.8 Å². The molecule has 0 N–H and O–H groups in total. The highest BCUT2D eigenvalue weighted by Crippen LogP contribution is 2.17. The van der Waals surface area contributed by atoms with E-state index in [1.165, 1.54) is 0 Å². The summed E-state index contributed by atoms with van der Waals surface area (Å²) in [6.45, 7) is 3.70. The van der Waals surface area contributed by atoms with Crippen molar-refractivity contribution in [2.24, 2.45) is 0 Å². The highest BCUT2D eigenvalue weighted by molar-refractivity contribution is 6.14. The van der Waals surface area contributed by atoms with Crippen LogP contribution < -0.4 is 0 Å². The van der Waals surface area contributed by atoms with Crippen molar-refractivity contribution >= 4 is 11.8 Å². The van der Waals surface area contributed by atoms with Crippen LogP contribution >= 0.6 is 0 Å². The van der Waals surface area contributed by atoms with E-state index >= 15 is 0 Å². The highest BCUT2D eigenvalue weighted by atomic mass is 16.5. The van der Waals surface area contributed by atoms with E-state index in [2.05, 4.69) is 5.16 Å². The average Bonchev–Trinajstić information content (AvgIpc) is 3.05. The smallest absolute Gasteiger partial charge is 0.339 e. The van der Waals surface area contributed by atoms with E-state index in [0.29, 0.717) is 22.6 Å². The summed E-state index contributed by atoms with van der Waals surface area (Å²) in [4.78, 5) is 25.1. The summed E-state index contributed by atoms with van der Waals surface area (Å²) in [6, 6.07) is 15.5. The van der Waals surface area contributed by atoms with Crippen LogP contribution in [0, 0.1) is 13.8 Å². The summed E-state index contributed by atoms with van der Waals surface area (Å²) in [5, 5.41) is 3.78. The molecule has 0 radical (unpaired) electrons. The second-order valence-electron chi connectivity index (χ2n) is 5.75. The Bertz CT molecular complexity index is 909. The van der Waals surface area contributed by atoms with Crippen LogP contribution in [-0.2, 0) is 11.3 Å². The van der Waals surface area contributed by atoms with Gasteiger partial charge in [0.15, 0.2) is 5.78 Å². The number of ketones is 1. The molecule has 0 bridgehead atoms. The van der Waals surface area contributed by atoms with Gasteiger partial charge in [0.2, 0.25) is 0 Å². The molecule has 25 heavy (non-hydrogen) atoms. The molecule has 0 spiro atoms. The van der Waals surface area contributed by atoms with Gasteiger partial charge < -0.3 is 9.26 Å². The van der Waals surface area contributed by atoms with E-state index in [1.54, 1.807) is 49.4 Å². The van der Waals surface area contributed by atoms with Crippen molar-refractivity contribution in [3.8, 4) is 0 Å². The van der Waals surface area contributed by atoms with Gasteiger partial charge in [-0.05, 0) is 19.9 Å². The van der Waals surface area contributed by atoms with Crippen LogP contribution in [0.25, 0.3) is 0 Å². The molecule has 5 heteroatoms. The largest absolute Gasteiger partial charge is 0.455 e. The van der Waals surface area contributed by atoms with Gasteiger partial charge in [-0.15, -0.1) is 0 Å². The van der Waals surface area contributed by atoms with Gasteiger partial charge in [0, 0.05) is 17.2 Å². The Hall–Kier alpha value is -3.21. The first-order valence-electron chi connectivity index (χ1n) is 7.84. The minimum atomic E-state index is -0.572. The molecule has 0 saturated carbocycles. The second-order valence-corrected chi connectivity index (χ2v) is 5.75. The number of carbonyl (C=O) groups is 2. The fraction of sp³-hybridized carbons (Fsp3) is 0.150. The van der Waals surface area contributed by atoms with Crippen LogP contribution in [0.1, 0.15) is 43.3 Å². The lowest BCUT2D eigenvalue weighted by Crippen LogP contribution is -2.12. The Balaban J connectivity index is 1.81. The fourth-order valence-corrected chi connectivity index (χ4v) is 2.42. The minimum absolute atomic E-state index is 0.0107. The molecule has 0 aliphatic heterocycles. The predicted octanol–water partition coefficient (Wildman–Crippen LogP) is 3.88. The summed E-state index contributed by atoms with van der Waals surface area (Å²) in [7, 11) is 0. The third-order valence-electron chi connectivity index (χ3n) is 3.73. The summed E-state index contributed by atoms with van der Waals surface area (Å²) in [6.07, 6.45) is 0. The maximum Gasteiger partial charge on any atom is 0.339 e. The molecule has 0 unspecified atom stereocenters. The Morgan fingerprint density at radius 3 is 2.32 bits per heavy atom. The number of benzene rings is 2. The molecule has 5 nitrogen and oxygen atoms in total. The number of rotatable bonds is 5. The van der Waals surface area contributed by atoms with Gasteiger partial charge in [-0.3, -0.25) is 4.79 Å². The van der Waals surface area contributed by atoms with Crippen molar-refractivity contribution in [2.45, 2.75) is 20.5 Å². The molecule has 1 heterocycles. The number of hydrogen-bond acceptors (Lipinski definition) is 5. The van der Waals surface area contributed by atoms with Gasteiger partial charge in [0.05, 0.1) is 5.56 Å². The predicted molar refractivity (Wildman–Crippen MR) is 91.4 cm³/mol. The van der Waals surface area contributed by atoms with Crippen LogP contribution in [0.2, 0.25) is 0 Å². The summed E-state index contributed by atoms with van der Waals surface area (Å²) < 4.78 is 10.2. The minimum Gasteiger partial charge on any atom is -0.455 e. The molecule has 1 aromatic heterocycles. The van der Waals surface area contributed by atoms with Gasteiger partial charge >= 0.3 is 5.97 Å². The first-order valence-corrected chi connectivity index (χ1v) is 7.84. The number of aryl methyl sites for hydroxylation is 2. The van der Waals surface area contributed by atoms with E-state index in [4.69, 9.17) is 9.26 Å². The number of carbonyl (C=O) groups excluding carboxylic acids is 2. The number of aromatic nitrogens is 1. The quantitative estimate of drug-likeness (QED) is 0.523. The first-order chi connectivity index (χ1) is 12.0. The zero-order valence-electron chi connectivity index (χ0n) is 14.0. The van der Waals surface area contributed by atoms with Crippen LogP contribution in [-0.4, -0.2) is 16.9 Å². The zero-order valence-corrected chi connectivity index (χ0v) is 14.0. The number of esters is 1. The Kier molecular flexibility index (Phi) is 4.75. The van der Waals surface area contributed by atoms with Gasteiger partial charge in [-0.2, -0.15) is 0 Å². The lowest BCUT2D eigenvalue weighted by Gasteiger charge is -2.08. The SMILES string of the molecule is Cc1ccc(C(=O)c2ccccc2C(=O)OCc2cc(C)on2)cc1. The molecule has 126 valence electrons. The molecular weight excluding hydrogens is 318 g/mol. The lowest BCUT2D eigenvalue weighted by molar-refractivity contribution is 0.0461. The number of hydrogen-bond donors (Lipinski definition) is 0. The maximum atomic E-state index is 12.7. The van der Waals surface area contributed by atoms with E-state index in [1.807, 2.05) is 19.1 Å². The van der Waals surface area contributed by atoms with Crippen molar-refractivity contribution in [1.29, 1.82) is 0 Å². The highest BCUT2D eigenvalue weighted by Gasteiger charge is 2.19. The Labute approximate surface area is 145 Å². The first kappa shape index (κ1) is 16.6. The molecule has 0 aliphatic carbocycles. The van der Waals surface area contributed by atoms with Crippen molar-refractivity contribution in [2.75, 3.05) is 0 Å². The molecule has 0 amide bonds. The fourth-order valence-electron chi connectivity index (χ4n) is 2.42. The van der Waals surface area contributed by atoms with Crippen molar-refractivity contribution in [3.63, 3.8) is 0 Å². The normalized spacial score (nSPS) is 10.5. The van der Waals surface area contributed by atoms with E-state index in [9.17, 15) is 9.59 Å². The maximum absolute atomic E-state index is 12.7. The van der Waals surface area contributed by atoms with Gasteiger partial charge in [-0.1, -0.05) is 53.2 Å². The Morgan fingerprint density at radius 2 is 1.68 bits per heavy atom. The van der Waals surface area contributed by atoms with Crippen LogP contribution in [0.15, 0.2) is 59.1 Å². The molecule has 3 rings (SSSR count). The summed E-state index contributed by atoms with van der Waals surface area (Å²) in [5.41, 5.74) is 2.65. The standard InChI is InChI=1S/C20H17NO4/c1-13-7-9-15(10-8-13)19(22)17-5-3-4-6-18(17)20(23)24-12-16-11-14(2)25-21-16/h3-11H,12H2,1-2H3. The van der Waals surface area contributed by atoms with E-state index < -0.39 is 5.97 Å². The Morgan fingerprint density at radius 1 is 1.00 bits per heavy atom.